The van der Waals surface area contributed by atoms with E-state index in [2.05, 4.69) is 0 Å². The summed E-state index contributed by atoms with van der Waals surface area (Å²) in [7, 11) is 0. The molecule has 0 spiro atoms. The van der Waals surface area contributed by atoms with Gasteiger partial charge in [0.15, 0.2) is 12.4 Å². The second-order valence-corrected chi connectivity index (χ2v) is 4.14. The molecular formula is C9H13FN2O6. The number of rotatable bonds is 2. The Morgan fingerprint density at radius 2 is 2.06 bits per heavy atom. The molecular weight excluding hydrogens is 251 g/mol. The monoisotopic (exact) mass is 264 g/mol. The van der Waals surface area contributed by atoms with E-state index in [1.54, 1.807) is 5.32 Å². The van der Waals surface area contributed by atoms with Crippen LogP contribution in [0.15, 0.2) is 0 Å². The Morgan fingerprint density at radius 1 is 1.39 bits per heavy atom. The van der Waals surface area contributed by atoms with Crippen molar-refractivity contribution in [3.63, 3.8) is 0 Å². The van der Waals surface area contributed by atoms with Gasteiger partial charge in [0.25, 0.3) is 5.91 Å². The van der Waals surface area contributed by atoms with Crippen LogP contribution in [-0.2, 0) is 9.53 Å². The molecule has 2 saturated heterocycles. The number of carbonyl (C=O) groups excluding carboxylic acids is 2. The molecule has 8 nitrogen and oxygen atoms in total. The van der Waals surface area contributed by atoms with Gasteiger partial charge in [-0.2, -0.15) is 0 Å². The number of halogens is 1. The molecule has 2 fully saturated rings. The highest BCUT2D eigenvalue weighted by Crippen LogP contribution is 2.25. The van der Waals surface area contributed by atoms with Crippen molar-refractivity contribution in [3.05, 3.63) is 0 Å². The van der Waals surface area contributed by atoms with Gasteiger partial charge in [-0.05, 0) is 0 Å². The predicted molar refractivity (Wildman–Crippen MR) is 52.9 cm³/mol. The zero-order valence-electron chi connectivity index (χ0n) is 9.19. The lowest BCUT2D eigenvalue weighted by Crippen LogP contribution is -2.60. The van der Waals surface area contributed by atoms with Crippen LogP contribution in [0.1, 0.15) is 0 Å². The first-order chi connectivity index (χ1) is 8.45. The van der Waals surface area contributed by atoms with Gasteiger partial charge in [-0.1, -0.05) is 0 Å². The fraction of sp³-hybridized carbons (Fsp3) is 0.778. The number of urea groups is 1. The van der Waals surface area contributed by atoms with Crippen molar-refractivity contribution in [1.29, 1.82) is 0 Å². The first kappa shape index (κ1) is 13.1. The molecule has 102 valence electrons. The number of imide groups is 1. The first-order valence-corrected chi connectivity index (χ1v) is 5.33. The van der Waals surface area contributed by atoms with Crippen molar-refractivity contribution in [3.8, 4) is 0 Å². The van der Waals surface area contributed by atoms with Gasteiger partial charge in [0.1, 0.15) is 18.3 Å². The Labute approximate surface area is 101 Å². The van der Waals surface area contributed by atoms with Crippen molar-refractivity contribution < 1.29 is 34.0 Å². The summed E-state index contributed by atoms with van der Waals surface area (Å²) in [6.45, 7) is -1.13. The standard InChI is InChI=1S/C9H13FN2O6/c10-3-1-12(9(17)11-7(3)16)8-6(15)5(14)4(2-13)18-8/h3-6,8,13-15H,1-2H2,(H,11,16,17)/t3?,4-,5+,6?,8-/m1/s1. The summed E-state index contributed by atoms with van der Waals surface area (Å²) in [4.78, 5) is 23.2. The van der Waals surface area contributed by atoms with Crippen LogP contribution in [0.4, 0.5) is 9.18 Å². The summed E-state index contributed by atoms with van der Waals surface area (Å²) in [6, 6.07) is -0.913. The van der Waals surface area contributed by atoms with E-state index in [1.807, 2.05) is 0 Å². The van der Waals surface area contributed by atoms with Crippen molar-refractivity contribution in [1.82, 2.24) is 10.2 Å². The molecule has 9 heteroatoms. The number of aliphatic hydroxyl groups is 3. The smallest absolute Gasteiger partial charge is 0.326 e. The Hall–Kier alpha value is -1.29. The number of nitrogens with zero attached hydrogens (tertiary/aromatic N) is 1. The van der Waals surface area contributed by atoms with E-state index in [1.165, 1.54) is 0 Å². The lowest BCUT2D eigenvalue weighted by molar-refractivity contribution is -0.132. The van der Waals surface area contributed by atoms with E-state index in [4.69, 9.17) is 9.84 Å². The second kappa shape index (κ2) is 4.76. The van der Waals surface area contributed by atoms with E-state index in [0.29, 0.717) is 0 Å². The van der Waals surface area contributed by atoms with Crippen molar-refractivity contribution in [2.24, 2.45) is 0 Å². The molecule has 0 aliphatic carbocycles. The number of hydrogen-bond donors (Lipinski definition) is 4. The number of carbonyl (C=O) groups is 2. The SMILES string of the molecule is O=C1NC(=O)N([C@@H]2O[C@H](CO)[C@H](O)C2O)CC1F. The first-order valence-electron chi connectivity index (χ1n) is 5.33. The van der Waals surface area contributed by atoms with Crippen molar-refractivity contribution >= 4 is 11.9 Å². The van der Waals surface area contributed by atoms with Gasteiger partial charge in [0.05, 0.1) is 13.2 Å². The molecule has 0 saturated carbocycles. The maximum atomic E-state index is 13.2. The Bertz CT molecular complexity index is 367. The van der Waals surface area contributed by atoms with Gasteiger partial charge in [-0.25, -0.2) is 9.18 Å². The minimum atomic E-state index is -1.93. The van der Waals surface area contributed by atoms with E-state index in [-0.39, 0.29) is 0 Å². The highest BCUT2D eigenvalue weighted by atomic mass is 19.1. The third-order valence-corrected chi connectivity index (χ3v) is 2.96. The number of ether oxygens (including phenoxy) is 1. The molecule has 2 heterocycles. The summed E-state index contributed by atoms with van der Waals surface area (Å²) < 4.78 is 18.3. The van der Waals surface area contributed by atoms with Crippen LogP contribution in [0.25, 0.3) is 0 Å². The summed E-state index contributed by atoms with van der Waals surface area (Å²) in [5.41, 5.74) is 0. The van der Waals surface area contributed by atoms with Gasteiger partial charge in [0.2, 0.25) is 0 Å². The number of nitrogens with one attached hydrogen (secondary N) is 1. The molecule has 0 aromatic carbocycles. The normalized spacial score (nSPS) is 41.1. The number of alkyl halides is 1. The van der Waals surface area contributed by atoms with Crippen LogP contribution in [0.5, 0.6) is 0 Å². The zero-order valence-corrected chi connectivity index (χ0v) is 9.19. The maximum absolute atomic E-state index is 13.2. The van der Waals surface area contributed by atoms with Crippen LogP contribution in [0.2, 0.25) is 0 Å². The lowest BCUT2D eigenvalue weighted by atomic mass is 10.1. The van der Waals surface area contributed by atoms with Gasteiger partial charge in [-0.3, -0.25) is 15.0 Å². The molecule has 0 aromatic heterocycles. The maximum Gasteiger partial charge on any atom is 0.326 e. The summed E-state index contributed by atoms with van der Waals surface area (Å²) >= 11 is 0. The highest BCUT2D eigenvalue weighted by molar-refractivity contribution is 5.99. The molecule has 3 amide bonds. The molecule has 2 unspecified atom stereocenters. The molecule has 5 atom stereocenters. The fourth-order valence-corrected chi connectivity index (χ4v) is 1.95. The van der Waals surface area contributed by atoms with Crippen LogP contribution < -0.4 is 5.32 Å². The summed E-state index contributed by atoms with van der Waals surface area (Å²) in [5, 5.41) is 29.8. The van der Waals surface area contributed by atoms with Gasteiger partial charge >= 0.3 is 6.03 Å². The minimum absolute atomic E-state index is 0.553. The molecule has 18 heavy (non-hydrogen) atoms. The summed E-state index contributed by atoms with van der Waals surface area (Å²) in [6.07, 6.45) is -7.16. The zero-order chi connectivity index (χ0) is 13.4. The Kier molecular flexibility index (Phi) is 3.48. The van der Waals surface area contributed by atoms with Crippen LogP contribution in [-0.4, -0.2) is 76.0 Å². The van der Waals surface area contributed by atoms with Crippen LogP contribution in [0.3, 0.4) is 0 Å². The van der Waals surface area contributed by atoms with Crippen LogP contribution >= 0.6 is 0 Å². The Balaban J connectivity index is 2.12. The predicted octanol–water partition coefficient (Wildman–Crippen LogP) is -2.68. The second-order valence-electron chi connectivity index (χ2n) is 4.14. The topological polar surface area (TPSA) is 119 Å². The number of aliphatic hydroxyl groups excluding tert-OH is 3. The van der Waals surface area contributed by atoms with Gasteiger partial charge < -0.3 is 20.1 Å². The Morgan fingerprint density at radius 3 is 2.61 bits per heavy atom. The van der Waals surface area contributed by atoms with Gasteiger partial charge in [0, 0.05) is 0 Å². The fourth-order valence-electron chi connectivity index (χ4n) is 1.95. The van der Waals surface area contributed by atoms with Crippen LogP contribution in [0, 0.1) is 0 Å². The average molecular weight is 264 g/mol. The molecule has 0 aromatic rings. The number of hydrogen-bond acceptors (Lipinski definition) is 6. The average Bonchev–Trinajstić information content (AvgIpc) is 2.61. The quantitative estimate of drug-likeness (QED) is 0.431. The summed E-state index contributed by atoms with van der Waals surface area (Å²) in [5.74, 6) is -1.05. The molecule has 2 aliphatic heterocycles. The van der Waals surface area contributed by atoms with Crippen molar-refractivity contribution in [2.45, 2.75) is 30.7 Å². The number of amides is 3. The van der Waals surface area contributed by atoms with E-state index in [0.717, 1.165) is 4.90 Å². The molecule has 0 bridgehead atoms. The molecule has 2 rings (SSSR count). The largest absolute Gasteiger partial charge is 0.394 e. The molecule has 0 radical (unpaired) electrons. The van der Waals surface area contributed by atoms with Gasteiger partial charge in [-0.15, -0.1) is 0 Å². The lowest BCUT2D eigenvalue weighted by Gasteiger charge is -2.34. The van der Waals surface area contributed by atoms with Crippen molar-refractivity contribution in [2.75, 3.05) is 13.2 Å². The van der Waals surface area contributed by atoms with E-state index < -0.39 is 55.8 Å². The van der Waals surface area contributed by atoms with E-state index in [9.17, 15) is 24.2 Å². The third kappa shape index (κ3) is 2.05. The highest BCUT2D eigenvalue weighted by Gasteiger charge is 2.49. The molecule has 4 N–H and O–H groups in total. The molecule has 2 aliphatic rings. The van der Waals surface area contributed by atoms with E-state index >= 15 is 0 Å². The minimum Gasteiger partial charge on any atom is -0.394 e. The third-order valence-electron chi connectivity index (χ3n) is 2.96.